The van der Waals surface area contributed by atoms with Gasteiger partial charge in [-0.1, -0.05) is 30.3 Å². The number of halogens is 1. The molecule has 66 valence electrons. The molecule has 0 aliphatic carbocycles. The maximum Gasteiger partial charge on any atom is 0.529 e. The summed E-state index contributed by atoms with van der Waals surface area (Å²) in [5, 5.41) is 0. The van der Waals surface area contributed by atoms with Crippen molar-refractivity contribution in [3.63, 3.8) is 0 Å². The van der Waals surface area contributed by atoms with E-state index in [-0.39, 0.29) is 17.0 Å². The summed E-state index contributed by atoms with van der Waals surface area (Å²) in [5.74, 6) is -0.758. The van der Waals surface area contributed by atoms with Gasteiger partial charge in [-0.2, -0.15) is 4.89 Å². The lowest BCUT2D eigenvalue weighted by Gasteiger charge is -1.95. The summed E-state index contributed by atoms with van der Waals surface area (Å²) in [7, 11) is -2.31. The highest BCUT2D eigenvalue weighted by molar-refractivity contribution is 8.93. The van der Waals surface area contributed by atoms with E-state index in [4.69, 9.17) is 10.6 Å². The smallest absolute Gasteiger partial charge is 0.281 e. The average Bonchev–Trinajstić information content (AvgIpc) is 2.05. The maximum absolute atomic E-state index is 10.5. The van der Waals surface area contributed by atoms with Crippen LogP contribution in [-0.2, 0) is 4.57 Å². The van der Waals surface area contributed by atoms with E-state index in [0.29, 0.717) is 5.56 Å². The Morgan fingerprint density at radius 3 is 2.25 bits per heavy atom. The first-order valence-corrected chi connectivity index (χ1v) is 4.46. The SMILES string of the molecule is Br.NC(c1ccccc1)[P+](=O)O. The Kier molecular flexibility index (Phi) is 5.25. The van der Waals surface area contributed by atoms with Crippen LogP contribution in [-0.4, -0.2) is 4.89 Å². The first-order valence-electron chi connectivity index (χ1n) is 3.17. The normalized spacial score (nSPS) is 13.0. The van der Waals surface area contributed by atoms with Crippen LogP contribution in [0.15, 0.2) is 30.3 Å². The van der Waals surface area contributed by atoms with Crippen LogP contribution in [0.25, 0.3) is 0 Å². The molecule has 3 nitrogen and oxygen atoms in total. The fourth-order valence-corrected chi connectivity index (χ4v) is 1.20. The summed E-state index contributed by atoms with van der Waals surface area (Å²) in [4.78, 5) is 8.66. The summed E-state index contributed by atoms with van der Waals surface area (Å²) in [5.41, 5.74) is 6.09. The molecular formula is C7H10BrNO2P+. The zero-order valence-electron chi connectivity index (χ0n) is 6.25. The number of benzene rings is 1. The summed E-state index contributed by atoms with van der Waals surface area (Å²) in [6.45, 7) is 0. The Morgan fingerprint density at radius 1 is 1.33 bits per heavy atom. The van der Waals surface area contributed by atoms with Crippen LogP contribution >= 0.6 is 25.0 Å². The molecule has 2 unspecified atom stereocenters. The second-order valence-electron chi connectivity index (χ2n) is 2.16. The molecule has 0 aliphatic rings. The second kappa shape index (κ2) is 5.38. The number of hydrogen-bond acceptors (Lipinski definition) is 2. The highest BCUT2D eigenvalue weighted by Crippen LogP contribution is 2.31. The van der Waals surface area contributed by atoms with Crippen LogP contribution in [0, 0.1) is 0 Å². The lowest BCUT2D eigenvalue weighted by atomic mass is 10.2. The van der Waals surface area contributed by atoms with Gasteiger partial charge in [-0.25, -0.2) is 0 Å². The lowest BCUT2D eigenvalue weighted by molar-refractivity contribution is 0.491. The molecule has 0 spiro atoms. The summed E-state index contributed by atoms with van der Waals surface area (Å²) in [6.07, 6.45) is 0. The van der Waals surface area contributed by atoms with E-state index in [0.717, 1.165) is 0 Å². The summed E-state index contributed by atoms with van der Waals surface area (Å²) < 4.78 is 10.5. The first kappa shape index (κ1) is 11.7. The average molecular weight is 251 g/mol. The second-order valence-corrected chi connectivity index (χ2v) is 3.32. The van der Waals surface area contributed by atoms with Gasteiger partial charge in [0.1, 0.15) is 0 Å². The van der Waals surface area contributed by atoms with Crippen molar-refractivity contribution in [1.29, 1.82) is 0 Å². The molecule has 0 radical (unpaired) electrons. The van der Waals surface area contributed by atoms with Gasteiger partial charge in [0.2, 0.25) is 0 Å². The van der Waals surface area contributed by atoms with Gasteiger partial charge in [-0.15, -0.1) is 17.0 Å². The van der Waals surface area contributed by atoms with Gasteiger partial charge in [0.15, 0.2) is 0 Å². The molecule has 0 heterocycles. The van der Waals surface area contributed by atoms with Crippen molar-refractivity contribution in [3.8, 4) is 0 Å². The molecule has 5 heteroatoms. The van der Waals surface area contributed by atoms with Gasteiger partial charge in [0, 0.05) is 5.56 Å². The van der Waals surface area contributed by atoms with Crippen molar-refractivity contribution in [3.05, 3.63) is 35.9 Å². The predicted octanol–water partition coefficient (Wildman–Crippen LogP) is 1.96. The monoisotopic (exact) mass is 250 g/mol. The Labute approximate surface area is 82.2 Å². The quantitative estimate of drug-likeness (QED) is 0.789. The van der Waals surface area contributed by atoms with Crippen molar-refractivity contribution < 1.29 is 9.46 Å². The Hall–Kier alpha value is -0.280. The zero-order valence-corrected chi connectivity index (χ0v) is 8.86. The van der Waals surface area contributed by atoms with E-state index >= 15 is 0 Å². The summed E-state index contributed by atoms with van der Waals surface area (Å²) >= 11 is 0. The van der Waals surface area contributed by atoms with E-state index in [1.165, 1.54) is 0 Å². The molecule has 3 N–H and O–H groups in total. The third-order valence-electron chi connectivity index (χ3n) is 1.38. The van der Waals surface area contributed by atoms with E-state index in [1.54, 1.807) is 24.3 Å². The lowest BCUT2D eigenvalue weighted by Crippen LogP contribution is -2.04. The standard InChI is InChI=1S/C7H8NO2P.BrH/c8-7(11(9)10)6-4-2-1-3-5-6;/h1-5,7H,8H2;1H/p+1. The third kappa shape index (κ3) is 2.99. The highest BCUT2D eigenvalue weighted by atomic mass is 79.9. The van der Waals surface area contributed by atoms with Crippen LogP contribution in [0.4, 0.5) is 0 Å². The molecular weight excluding hydrogens is 241 g/mol. The molecule has 2 atom stereocenters. The minimum atomic E-state index is -2.31. The van der Waals surface area contributed by atoms with Crippen molar-refractivity contribution in [2.45, 2.75) is 5.78 Å². The van der Waals surface area contributed by atoms with Gasteiger partial charge in [-0.3, -0.25) is 5.73 Å². The van der Waals surface area contributed by atoms with E-state index in [1.807, 2.05) is 6.07 Å². The van der Waals surface area contributed by atoms with E-state index in [9.17, 15) is 4.57 Å². The minimum Gasteiger partial charge on any atom is -0.281 e. The Morgan fingerprint density at radius 2 is 1.83 bits per heavy atom. The fraction of sp³-hybridized carbons (Fsp3) is 0.143. The van der Waals surface area contributed by atoms with Gasteiger partial charge in [0.05, 0.1) is 0 Å². The maximum atomic E-state index is 10.5. The van der Waals surface area contributed by atoms with Crippen molar-refractivity contribution in [2.75, 3.05) is 0 Å². The zero-order chi connectivity index (χ0) is 8.27. The Balaban J connectivity index is 0.00000121. The van der Waals surface area contributed by atoms with Crippen LogP contribution in [0.3, 0.4) is 0 Å². The molecule has 0 bridgehead atoms. The molecule has 12 heavy (non-hydrogen) atoms. The molecule has 0 aromatic heterocycles. The molecule has 0 fully saturated rings. The first-order chi connectivity index (χ1) is 5.22. The van der Waals surface area contributed by atoms with Crippen LogP contribution in [0.2, 0.25) is 0 Å². The van der Waals surface area contributed by atoms with Crippen molar-refractivity contribution in [2.24, 2.45) is 5.73 Å². The molecule has 0 amide bonds. The van der Waals surface area contributed by atoms with Gasteiger partial charge in [-0.05, 0) is 4.57 Å². The number of rotatable bonds is 2. The van der Waals surface area contributed by atoms with Crippen molar-refractivity contribution in [1.82, 2.24) is 0 Å². The number of hydrogen-bond donors (Lipinski definition) is 2. The van der Waals surface area contributed by atoms with Crippen molar-refractivity contribution >= 4 is 25.0 Å². The highest BCUT2D eigenvalue weighted by Gasteiger charge is 2.25. The van der Waals surface area contributed by atoms with Crippen LogP contribution in [0.5, 0.6) is 0 Å². The summed E-state index contributed by atoms with van der Waals surface area (Å²) in [6, 6.07) is 8.87. The fourth-order valence-electron chi connectivity index (χ4n) is 0.778. The molecule has 1 aromatic carbocycles. The van der Waals surface area contributed by atoms with Gasteiger partial charge < -0.3 is 0 Å². The van der Waals surface area contributed by atoms with Crippen LogP contribution < -0.4 is 5.73 Å². The van der Waals surface area contributed by atoms with E-state index < -0.39 is 13.8 Å². The number of nitrogens with two attached hydrogens (primary N) is 1. The third-order valence-corrected chi connectivity index (χ3v) is 2.15. The van der Waals surface area contributed by atoms with Gasteiger partial charge >= 0.3 is 8.03 Å². The van der Waals surface area contributed by atoms with E-state index in [2.05, 4.69) is 0 Å². The molecule has 0 saturated heterocycles. The molecule has 0 saturated carbocycles. The minimum absolute atomic E-state index is 0. The predicted molar refractivity (Wildman–Crippen MR) is 53.5 cm³/mol. The molecule has 0 aliphatic heterocycles. The molecule has 1 rings (SSSR count). The molecule has 1 aromatic rings. The van der Waals surface area contributed by atoms with Gasteiger partial charge in [0.25, 0.3) is 5.78 Å². The Bertz CT molecular complexity index is 255. The topological polar surface area (TPSA) is 63.3 Å². The van der Waals surface area contributed by atoms with Crippen LogP contribution in [0.1, 0.15) is 11.3 Å². The largest absolute Gasteiger partial charge is 0.529 e.